The molecule has 1 aliphatic carbocycles. The third-order valence-corrected chi connectivity index (χ3v) is 6.55. The van der Waals surface area contributed by atoms with E-state index in [0.29, 0.717) is 5.92 Å². The fourth-order valence-electron chi connectivity index (χ4n) is 3.81. The zero-order valence-corrected chi connectivity index (χ0v) is 14.3. The van der Waals surface area contributed by atoms with E-state index in [4.69, 9.17) is 0 Å². The van der Waals surface area contributed by atoms with Crippen molar-refractivity contribution in [2.24, 2.45) is 5.92 Å². The summed E-state index contributed by atoms with van der Waals surface area (Å²) < 4.78 is 23.8. The van der Waals surface area contributed by atoms with Crippen molar-refractivity contribution in [2.75, 3.05) is 13.3 Å². The summed E-state index contributed by atoms with van der Waals surface area (Å²) in [6.07, 6.45) is 5.08. The molecule has 1 saturated carbocycles. The van der Waals surface area contributed by atoms with Crippen LogP contribution in [0.4, 0.5) is 0 Å². The van der Waals surface area contributed by atoms with Crippen molar-refractivity contribution in [3.05, 3.63) is 34.9 Å². The summed E-state index contributed by atoms with van der Waals surface area (Å²) in [5, 5.41) is 3.28. The van der Waals surface area contributed by atoms with E-state index in [1.807, 2.05) is 7.05 Å². The van der Waals surface area contributed by atoms with E-state index in [-0.39, 0.29) is 11.3 Å². The summed E-state index contributed by atoms with van der Waals surface area (Å²) in [7, 11) is -0.944. The normalized spacial score (nSPS) is 24.8. The maximum Gasteiger partial charge on any atom is 0.150 e. The second-order valence-corrected chi connectivity index (χ2v) is 8.78. The summed E-state index contributed by atoms with van der Waals surface area (Å²) >= 11 is 0. The highest BCUT2D eigenvalue weighted by Crippen LogP contribution is 2.38. The van der Waals surface area contributed by atoms with E-state index < -0.39 is 9.84 Å². The predicted octanol–water partition coefficient (Wildman–Crippen LogP) is 3.17. The molecule has 0 aromatic heterocycles. The molecule has 3 atom stereocenters. The van der Waals surface area contributed by atoms with E-state index in [1.165, 1.54) is 22.9 Å². The smallest absolute Gasteiger partial charge is 0.150 e. The molecular weight excluding hydrogens is 282 g/mol. The standard InChI is InChI=1S/C17H27NO2S/c1-12-7-5-8-13(2)16(12)17(18-3)14-9-6-10-15(11-14)21(4,19)20/h5,7-8,14-15,17-18H,6,9-11H2,1-4H3. The van der Waals surface area contributed by atoms with Crippen molar-refractivity contribution in [1.29, 1.82) is 0 Å². The zero-order chi connectivity index (χ0) is 15.6. The first-order valence-electron chi connectivity index (χ1n) is 7.76. The number of rotatable bonds is 4. The highest BCUT2D eigenvalue weighted by molar-refractivity contribution is 7.91. The van der Waals surface area contributed by atoms with Crippen molar-refractivity contribution in [3.63, 3.8) is 0 Å². The molecule has 3 nitrogen and oxygen atoms in total. The van der Waals surface area contributed by atoms with Crippen molar-refractivity contribution >= 4 is 9.84 Å². The van der Waals surface area contributed by atoms with E-state index >= 15 is 0 Å². The Hall–Kier alpha value is -0.870. The molecule has 1 aromatic rings. The molecule has 0 bridgehead atoms. The van der Waals surface area contributed by atoms with Crippen LogP contribution in [-0.4, -0.2) is 27.0 Å². The van der Waals surface area contributed by atoms with E-state index in [1.54, 1.807) is 0 Å². The fraction of sp³-hybridized carbons (Fsp3) is 0.647. The van der Waals surface area contributed by atoms with Gasteiger partial charge in [-0.25, -0.2) is 8.42 Å². The van der Waals surface area contributed by atoms with E-state index in [9.17, 15) is 8.42 Å². The molecule has 0 amide bonds. The monoisotopic (exact) mass is 309 g/mol. The van der Waals surface area contributed by atoms with E-state index in [0.717, 1.165) is 25.7 Å². The van der Waals surface area contributed by atoms with Gasteiger partial charge in [0, 0.05) is 12.3 Å². The Labute approximate surface area is 129 Å². The molecule has 118 valence electrons. The molecule has 1 aliphatic rings. The average Bonchev–Trinajstić information content (AvgIpc) is 2.42. The van der Waals surface area contributed by atoms with Gasteiger partial charge in [-0.05, 0) is 62.8 Å². The van der Waals surface area contributed by atoms with Crippen LogP contribution in [0.25, 0.3) is 0 Å². The van der Waals surface area contributed by atoms with Gasteiger partial charge >= 0.3 is 0 Å². The van der Waals surface area contributed by atoms with Crippen molar-refractivity contribution in [3.8, 4) is 0 Å². The van der Waals surface area contributed by atoms with Crippen LogP contribution in [0.1, 0.15) is 48.4 Å². The Morgan fingerprint density at radius 2 is 1.81 bits per heavy atom. The average molecular weight is 309 g/mol. The summed E-state index contributed by atoms with van der Waals surface area (Å²) in [5.41, 5.74) is 3.92. The van der Waals surface area contributed by atoms with Gasteiger partial charge in [0.15, 0.2) is 0 Å². The predicted molar refractivity (Wildman–Crippen MR) is 88.3 cm³/mol. The van der Waals surface area contributed by atoms with Gasteiger partial charge in [0.1, 0.15) is 9.84 Å². The maximum absolute atomic E-state index is 11.9. The van der Waals surface area contributed by atoms with Gasteiger partial charge in [-0.15, -0.1) is 0 Å². The van der Waals surface area contributed by atoms with Crippen molar-refractivity contribution in [1.82, 2.24) is 5.32 Å². The lowest BCUT2D eigenvalue weighted by molar-refractivity contribution is 0.281. The van der Waals surface area contributed by atoms with E-state index in [2.05, 4.69) is 37.4 Å². The third-order valence-electron chi connectivity index (χ3n) is 4.91. The number of sulfone groups is 1. The minimum atomic E-state index is -2.93. The van der Waals surface area contributed by atoms with Crippen LogP contribution in [0.5, 0.6) is 0 Å². The van der Waals surface area contributed by atoms with Gasteiger partial charge in [0.05, 0.1) is 5.25 Å². The minimum absolute atomic E-state index is 0.170. The molecule has 1 N–H and O–H groups in total. The Bertz CT molecular complexity index is 575. The molecule has 0 spiro atoms. The maximum atomic E-state index is 11.9. The van der Waals surface area contributed by atoms with Gasteiger partial charge < -0.3 is 5.32 Å². The second kappa shape index (κ2) is 6.49. The van der Waals surface area contributed by atoms with Crippen LogP contribution >= 0.6 is 0 Å². The number of hydrogen-bond acceptors (Lipinski definition) is 3. The molecule has 21 heavy (non-hydrogen) atoms. The van der Waals surface area contributed by atoms with Gasteiger partial charge in [-0.3, -0.25) is 0 Å². The number of hydrogen-bond donors (Lipinski definition) is 1. The Balaban J connectivity index is 2.29. The summed E-state index contributed by atoms with van der Waals surface area (Å²) in [6, 6.07) is 6.62. The minimum Gasteiger partial charge on any atom is -0.313 e. The summed E-state index contributed by atoms with van der Waals surface area (Å²) in [5.74, 6) is 0.392. The van der Waals surface area contributed by atoms with Crippen molar-refractivity contribution in [2.45, 2.75) is 50.8 Å². The topological polar surface area (TPSA) is 46.2 Å². The molecule has 0 heterocycles. The third kappa shape index (κ3) is 3.67. The van der Waals surface area contributed by atoms with Crippen molar-refractivity contribution < 1.29 is 8.42 Å². The second-order valence-electron chi connectivity index (χ2n) is 6.45. The summed E-state index contributed by atoms with van der Waals surface area (Å²) in [4.78, 5) is 0. The lowest BCUT2D eigenvalue weighted by atomic mass is 9.79. The molecule has 3 unspecified atom stereocenters. The Morgan fingerprint density at radius 3 is 2.33 bits per heavy atom. The van der Waals surface area contributed by atoms with Crippen LogP contribution in [0, 0.1) is 19.8 Å². The first-order valence-corrected chi connectivity index (χ1v) is 9.72. The van der Waals surface area contributed by atoms with Gasteiger partial charge in [0.25, 0.3) is 0 Å². The van der Waals surface area contributed by atoms with Gasteiger partial charge in [-0.2, -0.15) is 0 Å². The van der Waals surface area contributed by atoms with Crippen LogP contribution in [0.3, 0.4) is 0 Å². The first-order chi connectivity index (χ1) is 9.84. The number of aryl methyl sites for hydroxylation is 2. The molecule has 4 heteroatoms. The highest BCUT2D eigenvalue weighted by Gasteiger charge is 2.34. The molecule has 0 aliphatic heterocycles. The summed E-state index contributed by atoms with van der Waals surface area (Å²) in [6.45, 7) is 4.28. The van der Waals surface area contributed by atoms with Gasteiger partial charge in [0.2, 0.25) is 0 Å². The molecule has 0 saturated heterocycles. The zero-order valence-electron chi connectivity index (χ0n) is 13.5. The van der Waals surface area contributed by atoms with Crippen LogP contribution in [0.2, 0.25) is 0 Å². The largest absolute Gasteiger partial charge is 0.313 e. The Morgan fingerprint density at radius 1 is 1.19 bits per heavy atom. The fourth-order valence-corrected chi connectivity index (χ4v) is 5.00. The number of nitrogens with one attached hydrogen (secondary N) is 1. The molecule has 0 radical (unpaired) electrons. The molecule has 2 rings (SSSR count). The SMILES string of the molecule is CNC(c1c(C)cccc1C)C1CCCC(S(C)(=O)=O)C1. The molecular formula is C17H27NO2S. The van der Waals surface area contributed by atoms with Gasteiger partial charge in [-0.1, -0.05) is 24.6 Å². The molecule has 1 aromatic carbocycles. The van der Waals surface area contributed by atoms with Crippen LogP contribution in [-0.2, 0) is 9.84 Å². The molecule has 1 fully saturated rings. The highest BCUT2D eigenvalue weighted by atomic mass is 32.2. The first kappa shape index (κ1) is 16.5. The Kier molecular flexibility index (Phi) is 5.10. The van der Waals surface area contributed by atoms with Crippen LogP contribution < -0.4 is 5.32 Å². The number of benzene rings is 1. The lowest BCUT2D eigenvalue weighted by Gasteiger charge is -2.35. The lowest BCUT2D eigenvalue weighted by Crippen LogP contribution is -2.35. The van der Waals surface area contributed by atoms with Crippen LogP contribution in [0.15, 0.2) is 18.2 Å². The quantitative estimate of drug-likeness (QED) is 0.929.